The summed E-state index contributed by atoms with van der Waals surface area (Å²) in [6, 6.07) is 0. The number of rotatable bonds is 6. The summed E-state index contributed by atoms with van der Waals surface area (Å²) in [7, 11) is -2.14. The van der Waals surface area contributed by atoms with Crippen molar-refractivity contribution in [1.82, 2.24) is 19.3 Å². The van der Waals surface area contributed by atoms with Gasteiger partial charge in [0.05, 0.1) is 0 Å². The number of nitrogens with zero attached hydrogens (tertiary/aromatic N) is 4. The molecule has 0 radical (unpaired) electrons. The molecule has 6 nitrogen and oxygen atoms in total. The van der Waals surface area contributed by atoms with Gasteiger partial charge in [-0.25, -0.2) is 13.1 Å². The highest BCUT2D eigenvalue weighted by molar-refractivity contribution is 9.10. The van der Waals surface area contributed by atoms with E-state index in [4.69, 9.17) is 0 Å². The molecule has 1 aromatic rings. The molecule has 0 spiro atoms. The van der Waals surface area contributed by atoms with Gasteiger partial charge in [0, 0.05) is 20.1 Å². The van der Waals surface area contributed by atoms with Gasteiger partial charge in [-0.1, -0.05) is 17.4 Å². The lowest BCUT2D eigenvalue weighted by atomic mass is 10.5. The molecule has 94 valence electrons. The first-order chi connectivity index (χ1) is 7.95. The van der Waals surface area contributed by atoms with Crippen LogP contribution >= 0.6 is 15.9 Å². The molecule has 8 heteroatoms. The maximum absolute atomic E-state index is 12.3. The monoisotopic (exact) mass is 320 g/mol. The SMILES string of the molecule is C=CCN(CC=C)S(=O)(=O)c1c(Br)nnn1C. The van der Waals surface area contributed by atoms with Crippen molar-refractivity contribution in [1.29, 1.82) is 0 Å². The summed E-state index contributed by atoms with van der Waals surface area (Å²) in [5, 5.41) is 7.32. The van der Waals surface area contributed by atoms with E-state index in [1.165, 1.54) is 28.2 Å². The Morgan fingerprint density at radius 1 is 1.41 bits per heavy atom. The van der Waals surface area contributed by atoms with Crippen LogP contribution in [0.4, 0.5) is 0 Å². The Bertz CT molecular complexity index is 494. The van der Waals surface area contributed by atoms with Gasteiger partial charge in [-0.05, 0) is 15.9 Å². The van der Waals surface area contributed by atoms with Crippen LogP contribution in [0, 0.1) is 0 Å². The van der Waals surface area contributed by atoms with E-state index in [-0.39, 0.29) is 22.7 Å². The van der Waals surface area contributed by atoms with E-state index < -0.39 is 10.0 Å². The van der Waals surface area contributed by atoms with E-state index in [9.17, 15) is 8.42 Å². The zero-order valence-electron chi connectivity index (χ0n) is 9.37. The molecule has 0 aliphatic heterocycles. The molecule has 0 bridgehead atoms. The number of sulfonamides is 1. The summed E-state index contributed by atoms with van der Waals surface area (Å²) in [5.74, 6) is 0. The van der Waals surface area contributed by atoms with E-state index in [1.807, 2.05) is 0 Å². The van der Waals surface area contributed by atoms with E-state index in [1.54, 1.807) is 0 Å². The van der Waals surface area contributed by atoms with E-state index in [0.29, 0.717) is 0 Å². The molecule has 0 N–H and O–H groups in total. The summed E-state index contributed by atoms with van der Waals surface area (Å²) in [6.07, 6.45) is 3.03. The first-order valence-corrected chi connectivity index (χ1v) is 6.95. The highest BCUT2D eigenvalue weighted by atomic mass is 79.9. The molecular formula is C9H13BrN4O2S. The Balaban J connectivity index is 3.25. The Hall–Kier alpha value is -0.990. The number of aryl methyl sites for hydroxylation is 1. The first kappa shape index (κ1) is 14.1. The fraction of sp³-hybridized carbons (Fsp3) is 0.333. The van der Waals surface area contributed by atoms with Gasteiger partial charge >= 0.3 is 0 Å². The maximum atomic E-state index is 12.3. The largest absolute Gasteiger partial charge is 0.263 e. The van der Waals surface area contributed by atoms with Gasteiger partial charge in [0.15, 0.2) is 4.60 Å². The average Bonchev–Trinajstić information content (AvgIpc) is 2.58. The van der Waals surface area contributed by atoms with Crippen molar-refractivity contribution in [2.45, 2.75) is 5.03 Å². The van der Waals surface area contributed by atoms with Gasteiger partial charge in [0.25, 0.3) is 10.0 Å². The lowest BCUT2D eigenvalue weighted by Gasteiger charge is -2.18. The smallest absolute Gasteiger partial charge is 0.235 e. The number of hydrogen-bond donors (Lipinski definition) is 0. The molecule has 0 fully saturated rings. The van der Waals surface area contributed by atoms with Crippen LogP contribution in [-0.2, 0) is 17.1 Å². The molecule has 1 aromatic heterocycles. The van der Waals surface area contributed by atoms with Crippen LogP contribution in [-0.4, -0.2) is 40.8 Å². The van der Waals surface area contributed by atoms with Crippen LogP contribution in [0.2, 0.25) is 0 Å². The van der Waals surface area contributed by atoms with Crippen molar-refractivity contribution < 1.29 is 8.42 Å². The van der Waals surface area contributed by atoms with Crippen molar-refractivity contribution in [3.8, 4) is 0 Å². The molecule has 0 saturated carbocycles. The Kier molecular flexibility index (Phi) is 4.61. The standard InChI is InChI=1S/C9H13BrN4O2S/c1-4-6-14(7-5-2)17(15,16)9-8(10)11-12-13(9)3/h4-5H,1-2,6-7H2,3H3. The third-order valence-electron chi connectivity index (χ3n) is 1.99. The molecule has 0 aromatic carbocycles. The maximum Gasteiger partial charge on any atom is 0.263 e. The van der Waals surface area contributed by atoms with Crippen LogP contribution in [0.1, 0.15) is 0 Å². The molecule has 17 heavy (non-hydrogen) atoms. The van der Waals surface area contributed by atoms with Crippen molar-refractivity contribution in [2.75, 3.05) is 13.1 Å². The van der Waals surface area contributed by atoms with Gasteiger partial charge in [-0.2, -0.15) is 4.31 Å². The highest BCUT2D eigenvalue weighted by Crippen LogP contribution is 2.21. The van der Waals surface area contributed by atoms with E-state index >= 15 is 0 Å². The second-order valence-electron chi connectivity index (χ2n) is 3.21. The minimum Gasteiger partial charge on any atom is -0.235 e. The summed E-state index contributed by atoms with van der Waals surface area (Å²) in [6.45, 7) is 7.47. The topological polar surface area (TPSA) is 68.1 Å². The minimum absolute atomic E-state index is 0.0150. The van der Waals surface area contributed by atoms with Gasteiger partial charge < -0.3 is 0 Å². The second-order valence-corrected chi connectivity index (χ2v) is 5.81. The van der Waals surface area contributed by atoms with Crippen molar-refractivity contribution in [2.24, 2.45) is 7.05 Å². The summed E-state index contributed by atoms with van der Waals surface area (Å²) in [4.78, 5) is 0. The Morgan fingerprint density at radius 3 is 2.29 bits per heavy atom. The van der Waals surface area contributed by atoms with Crippen molar-refractivity contribution >= 4 is 26.0 Å². The van der Waals surface area contributed by atoms with Gasteiger partial charge in [-0.3, -0.25) is 0 Å². The molecule has 0 unspecified atom stereocenters. The van der Waals surface area contributed by atoms with Crippen LogP contribution in [0.5, 0.6) is 0 Å². The number of hydrogen-bond acceptors (Lipinski definition) is 4. The molecule has 0 aliphatic carbocycles. The minimum atomic E-state index is -3.66. The van der Waals surface area contributed by atoms with Crippen LogP contribution in [0.15, 0.2) is 34.9 Å². The quantitative estimate of drug-likeness (QED) is 0.731. The third-order valence-corrected chi connectivity index (χ3v) is 4.71. The second kappa shape index (κ2) is 5.56. The Morgan fingerprint density at radius 2 is 1.94 bits per heavy atom. The van der Waals surface area contributed by atoms with E-state index in [0.717, 1.165) is 0 Å². The van der Waals surface area contributed by atoms with Crippen LogP contribution < -0.4 is 0 Å². The molecule has 1 heterocycles. The van der Waals surface area contributed by atoms with Crippen LogP contribution in [0.25, 0.3) is 0 Å². The normalized spacial score (nSPS) is 11.7. The predicted octanol–water partition coefficient (Wildman–Crippen LogP) is 0.940. The molecule has 0 saturated heterocycles. The number of halogens is 1. The number of aromatic nitrogens is 3. The van der Waals surface area contributed by atoms with Gasteiger partial charge in [-0.15, -0.1) is 18.3 Å². The molecule has 0 amide bonds. The summed E-state index contributed by atoms with van der Waals surface area (Å²) >= 11 is 3.07. The summed E-state index contributed by atoms with van der Waals surface area (Å²) in [5.41, 5.74) is 0. The van der Waals surface area contributed by atoms with Crippen molar-refractivity contribution in [3.05, 3.63) is 29.9 Å². The zero-order chi connectivity index (χ0) is 13.1. The van der Waals surface area contributed by atoms with Crippen molar-refractivity contribution in [3.63, 3.8) is 0 Å². The van der Waals surface area contributed by atoms with Crippen LogP contribution in [0.3, 0.4) is 0 Å². The third kappa shape index (κ3) is 2.82. The lowest BCUT2D eigenvalue weighted by Crippen LogP contribution is -2.33. The van der Waals surface area contributed by atoms with Gasteiger partial charge in [0.1, 0.15) is 0 Å². The lowest BCUT2D eigenvalue weighted by molar-refractivity contribution is 0.463. The predicted molar refractivity (Wildman–Crippen MR) is 67.9 cm³/mol. The zero-order valence-corrected chi connectivity index (χ0v) is 11.8. The average molecular weight is 321 g/mol. The fourth-order valence-corrected chi connectivity index (χ4v) is 3.69. The Labute approximate surface area is 109 Å². The molecular weight excluding hydrogens is 308 g/mol. The molecule has 1 rings (SSSR count). The summed E-state index contributed by atoms with van der Waals surface area (Å²) < 4.78 is 27.3. The molecule has 0 atom stereocenters. The first-order valence-electron chi connectivity index (χ1n) is 4.72. The van der Waals surface area contributed by atoms with Gasteiger partial charge in [0.2, 0.25) is 5.03 Å². The molecule has 0 aliphatic rings. The van der Waals surface area contributed by atoms with E-state index in [2.05, 4.69) is 39.4 Å². The fourth-order valence-electron chi connectivity index (χ4n) is 1.28. The highest BCUT2D eigenvalue weighted by Gasteiger charge is 2.29.